The monoisotopic (exact) mass is 648 g/mol. The van der Waals surface area contributed by atoms with Crippen molar-refractivity contribution < 1.29 is 66.4 Å². The van der Waals surface area contributed by atoms with Crippen molar-refractivity contribution in [1.29, 1.82) is 0 Å². The van der Waals surface area contributed by atoms with Gasteiger partial charge in [-0.25, -0.2) is 4.79 Å². The molecule has 0 aliphatic rings. The average molecular weight is 649 g/mol. The summed E-state index contributed by atoms with van der Waals surface area (Å²) in [5, 5.41) is 0. The summed E-state index contributed by atoms with van der Waals surface area (Å²) in [6.45, 7) is 11.0. The lowest BCUT2D eigenvalue weighted by atomic mass is 10.2. The van der Waals surface area contributed by atoms with E-state index >= 15 is 0 Å². The minimum atomic E-state index is -0.360. The van der Waals surface area contributed by atoms with Gasteiger partial charge in [-0.1, -0.05) is 18.2 Å². The highest BCUT2D eigenvalue weighted by atomic mass is 16.6. The first-order valence-electron chi connectivity index (χ1n) is 15.3. The van der Waals surface area contributed by atoms with Gasteiger partial charge >= 0.3 is 11.9 Å². The molecular formula is C31H52O14. The van der Waals surface area contributed by atoms with Crippen molar-refractivity contribution in [3.8, 4) is 0 Å². The molecule has 0 saturated carbocycles. The fraction of sp³-hybridized carbons (Fsp3) is 0.742. The zero-order valence-electron chi connectivity index (χ0n) is 26.7. The van der Waals surface area contributed by atoms with Crippen LogP contribution in [0.15, 0.2) is 30.3 Å². The number of carbonyl (C=O) groups excluding carboxylic acids is 2. The Balaban J connectivity index is 1.64. The third kappa shape index (κ3) is 30.2. The molecular weight excluding hydrogens is 596 g/mol. The number of carbonyl (C=O) groups is 2. The Morgan fingerprint density at radius 1 is 0.378 bits per heavy atom. The first-order chi connectivity index (χ1) is 22.2. The van der Waals surface area contributed by atoms with Crippen molar-refractivity contribution in [3.05, 3.63) is 35.9 Å². The SMILES string of the molecule is CC(=O)OCCOCCOCCOCCOCCOCCOCCOCCOCCOCCOCCOC(=O)c1ccccc1. The van der Waals surface area contributed by atoms with E-state index in [1.807, 2.05) is 6.07 Å². The quantitative estimate of drug-likeness (QED) is 0.0787. The molecule has 0 aromatic heterocycles. The van der Waals surface area contributed by atoms with Crippen molar-refractivity contribution in [2.24, 2.45) is 0 Å². The maximum absolute atomic E-state index is 11.8. The van der Waals surface area contributed by atoms with Crippen molar-refractivity contribution in [2.75, 3.05) is 145 Å². The maximum atomic E-state index is 11.8. The molecule has 1 aromatic rings. The number of ether oxygens (including phenoxy) is 12. The zero-order valence-corrected chi connectivity index (χ0v) is 26.7. The summed E-state index contributed by atoms with van der Waals surface area (Å²) >= 11 is 0. The number of hydrogen-bond donors (Lipinski definition) is 0. The van der Waals surface area contributed by atoms with E-state index in [1.165, 1.54) is 6.92 Å². The normalized spacial score (nSPS) is 11.1. The molecule has 260 valence electrons. The third-order valence-corrected chi connectivity index (χ3v) is 5.35. The highest BCUT2D eigenvalue weighted by Crippen LogP contribution is 2.00. The molecule has 0 bridgehead atoms. The molecule has 1 aromatic carbocycles. The van der Waals surface area contributed by atoms with Crippen molar-refractivity contribution >= 4 is 11.9 Å². The lowest BCUT2D eigenvalue weighted by Gasteiger charge is -2.09. The molecule has 0 atom stereocenters. The Kier molecular flexibility index (Phi) is 30.0. The number of rotatable bonds is 34. The molecule has 0 spiro atoms. The van der Waals surface area contributed by atoms with Crippen molar-refractivity contribution in [3.63, 3.8) is 0 Å². The second kappa shape index (κ2) is 33.1. The minimum absolute atomic E-state index is 0.198. The van der Waals surface area contributed by atoms with Gasteiger partial charge in [0, 0.05) is 6.92 Å². The van der Waals surface area contributed by atoms with E-state index in [9.17, 15) is 9.59 Å². The summed E-state index contributed by atoms with van der Waals surface area (Å²) in [4.78, 5) is 22.4. The van der Waals surface area contributed by atoms with Crippen LogP contribution >= 0.6 is 0 Å². The molecule has 14 heteroatoms. The standard InChI is InChI=1S/C31H52O14/c1-29(32)44-27-25-42-23-21-40-19-17-38-15-13-36-11-9-34-7-8-35-10-12-37-14-16-39-18-20-41-22-24-43-26-28-45-31(33)30-5-3-2-4-6-30/h2-6H,7-28H2,1H3. The summed E-state index contributed by atoms with van der Waals surface area (Å²) in [6.07, 6.45) is 0. The molecule has 0 aliphatic carbocycles. The van der Waals surface area contributed by atoms with Gasteiger partial charge < -0.3 is 56.8 Å². The molecule has 0 radical (unpaired) electrons. The van der Waals surface area contributed by atoms with Gasteiger partial charge in [0.2, 0.25) is 0 Å². The van der Waals surface area contributed by atoms with Crippen LogP contribution in [0.25, 0.3) is 0 Å². The molecule has 45 heavy (non-hydrogen) atoms. The van der Waals surface area contributed by atoms with Crippen LogP contribution in [-0.4, -0.2) is 157 Å². The average Bonchev–Trinajstić information content (AvgIpc) is 3.05. The van der Waals surface area contributed by atoms with E-state index in [-0.39, 0.29) is 25.2 Å². The second-order valence-electron chi connectivity index (χ2n) is 8.97. The molecule has 0 aliphatic heterocycles. The molecule has 14 nitrogen and oxygen atoms in total. The Morgan fingerprint density at radius 2 is 0.622 bits per heavy atom. The lowest BCUT2D eigenvalue weighted by Crippen LogP contribution is -2.15. The third-order valence-electron chi connectivity index (χ3n) is 5.35. The van der Waals surface area contributed by atoms with Crippen LogP contribution in [0.3, 0.4) is 0 Å². The van der Waals surface area contributed by atoms with Gasteiger partial charge in [-0.3, -0.25) is 4.79 Å². The summed E-state index contributed by atoms with van der Waals surface area (Å²) in [7, 11) is 0. The van der Waals surface area contributed by atoms with E-state index in [2.05, 4.69) is 0 Å². The summed E-state index contributed by atoms with van der Waals surface area (Å²) in [5.41, 5.74) is 0.522. The van der Waals surface area contributed by atoms with Gasteiger partial charge in [0.25, 0.3) is 0 Å². The van der Waals surface area contributed by atoms with E-state index in [4.69, 9.17) is 56.8 Å². The molecule has 0 unspecified atom stereocenters. The van der Waals surface area contributed by atoms with Gasteiger partial charge in [0.1, 0.15) is 13.2 Å². The van der Waals surface area contributed by atoms with Crippen LogP contribution in [0.5, 0.6) is 0 Å². The van der Waals surface area contributed by atoms with Crippen LogP contribution in [0.4, 0.5) is 0 Å². The predicted molar refractivity (Wildman–Crippen MR) is 162 cm³/mol. The highest BCUT2D eigenvalue weighted by molar-refractivity contribution is 5.89. The zero-order chi connectivity index (χ0) is 32.3. The van der Waals surface area contributed by atoms with E-state index < -0.39 is 0 Å². The molecule has 0 amide bonds. The lowest BCUT2D eigenvalue weighted by molar-refractivity contribution is -0.142. The van der Waals surface area contributed by atoms with Crippen molar-refractivity contribution in [2.45, 2.75) is 6.92 Å². The minimum Gasteiger partial charge on any atom is -0.463 e. The van der Waals surface area contributed by atoms with Crippen LogP contribution in [0, 0.1) is 0 Å². The van der Waals surface area contributed by atoms with Gasteiger partial charge in [-0.15, -0.1) is 0 Å². The van der Waals surface area contributed by atoms with E-state index in [0.717, 1.165) is 0 Å². The van der Waals surface area contributed by atoms with Gasteiger partial charge in [-0.05, 0) is 12.1 Å². The maximum Gasteiger partial charge on any atom is 0.338 e. The molecule has 0 N–H and O–H groups in total. The van der Waals surface area contributed by atoms with Crippen molar-refractivity contribution in [1.82, 2.24) is 0 Å². The first kappa shape index (κ1) is 40.8. The highest BCUT2D eigenvalue weighted by Gasteiger charge is 2.05. The summed E-state index contributed by atoms with van der Waals surface area (Å²) in [6, 6.07) is 8.84. The van der Waals surface area contributed by atoms with Crippen LogP contribution < -0.4 is 0 Å². The molecule has 0 heterocycles. The number of hydrogen-bond acceptors (Lipinski definition) is 14. The Bertz CT molecular complexity index is 783. The van der Waals surface area contributed by atoms with Gasteiger partial charge in [0.05, 0.1) is 138 Å². The Hall–Kier alpha value is -2.24. The molecule has 0 saturated heterocycles. The Morgan fingerprint density at radius 3 is 0.889 bits per heavy atom. The van der Waals surface area contributed by atoms with Crippen LogP contribution in [0.1, 0.15) is 17.3 Å². The van der Waals surface area contributed by atoms with Gasteiger partial charge in [-0.2, -0.15) is 0 Å². The summed E-state index contributed by atoms with van der Waals surface area (Å²) < 4.78 is 64.0. The summed E-state index contributed by atoms with van der Waals surface area (Å²) in [5.74, 6) is -0.675. The largest absolute Gasteiger partial charge is 0.463 e. The first-order valence-corrected chi connectivity index (χ1v) is 15.3. The Labute approximate surface area is 266 Å². The van der Waals surface area contributed by atoms with E-state index in [1.54, 1.807) is 24.3 Å². The van der Waals surface area contributed by atoms with E-state index in [0.29, 0.717) is 138 Å². The second-order valence-corrected chi connectivity index (χ2v) is 8.97. The molecule has 1 rings (SSSR count). The smallest absolute Gasteiger partial charge is 0.338 e. The van der Waals surface area contributed by atoms with Gasteiger partial charge in [0.15, 0.2) is 0 Å². The van der Waals surface area contributed by atoms with Crippen LogP contribution in [-0.2, 0) is 61.6 Å². The number of esters is 2. The number of benzene rings is 1. The fourth-order valence-corrected chi connectivity index (χ4v) is 3.18. The van der Waals surface area contributed by atoms with Crippen LogP contribution in [0.2, 0.25) is 0 Å². The molecule has 0 fully saturated rings. The topological polar surface area (TPSA) is 145 Å². The fourth-order valence-electron chi connectivity index (χ4n) is 3.18. The predicted octanol–water partition coefficient (Wildman–Crippen LogP) is 1.57.